The van der Waals surface area contributed by atoms with E-state index in [0.717, 1.165) is 6.42 Å². The van der Waals surface area contributed by atoms with Gasteiger partial charge >= 0.3 is 0 Å². The highest BCUT2D eigenvalue weighted by molar-refractivity contribution is 7.16. The monoisotopic (exact) mass is 250 g/mol. The molecule has 0 unspecified atom stereocenters. The lowest BCUT2D eigenvalue weighted by atomic mass is 10.3. The number of carbonyl (C=O) groups is 1. The molecular formula is C12H12NOS2. The second-order valence-electron chi connectivity index (χ2n) is 3.44. The quantitative estimate of drug-likeness (QED) is 0.888. The largest absolute Gasteiger partial charge is 0.356 e. The maximum absolute atomic E-state index is 10.7. The molecule has 2 nitrogen and oxygen atoms in total. The second kappa shape index (κ2) is 5.27. The van der Waals surface area contributed by atoms with Gasteiger partial charge in [-0.05, 0) is 30.0 Å². The molecule has 16 heavy (non-hydrogen) atoms. The third-order valence-electron chi connectivity index (χ3n) is 2.14. The van der Waals surface area contributed by atoms with E-state index in [1.54, 1.807) is 29.6 Å². The van der Waals surface area contributed by atoms with Gasteiger partial charge in [-0.1, -0.05) is 0 Å². The lowest BCUT2D eigenvalue weighted by molar-refractivity contribution is -0.118. The highest BCUT2D eigenvalue weighted by Crippen LogP contribution is 2.29. The molecule has 1 amide bonds. The molecule has 2 heterocycles. The summed E-state index contributed by atoms with van der Waals surface area (Å²) in [5.74, 6) is 0.0305. The van der Waals surface area contributed by atoms with Crippen LogP contribution in [0.3, 0.4) is 0 Å². The molecule has 0 atom stereocenters. The van der Waals surface area contributed by atoms with E-state index in [0.29, 0.717) is 6.54 Å². The Labute approximate surface area is 103 Å². The van der Waals surface area contributed by atoms with Crippen LogP contribution >= 0.6 is 22.7 Å². The molecule has 1 N–H and O–H groups in total. The van der Waals surface area contributed by atoms with Crippen molar-refractivity contribution in [2.24, 2.45) is 0 Å². The predicted molar refractivity (Wildman–Crippen MR) is 68.9 cm³/mol. The number of hydrogen-bond acceptors (Lipinski definition) is 3. The summed E-state index contributed by atoms with van der Waals surface area (Å²) in [6, 6.07) is 6.31. The van der Waals surface area contributed by atoms with Gasteiger partial charge in [0.15, 0.2) is 0 Å². The first kappa shape index (κ1) is 11.4. The molecule has 2 aromatic rings. The summed E-state index contributed by atoms with van der Waals surface area (Å²) >= 11 is 3.36. The summed E-state index contributed by atoms with van der Waals surface area (Å²) in [7, 11) is 0. The molecule has 0 aliphatic heterocycles. The van der Waals surface area contributed by atoms with Gasteiger partial charge in [-0.15, -0.1) is 22.7 Å². The summed E-state index contributed by atoms with van der Waals surface area (Å²) < 4.78 is 0. The van der Waals surface area contributed by atoms with Crippen molar-refractivity contribution in [1.82, 2.24) is 5.32 Å². The van der Waals surface area contributed by atoms with Gasteiger partial charge in [-0.3, -0.25) is 4.79 Å². The molecule has 2 rings (SSSR count). The SMILES string of the molecule is CC(=O)NCCc1ccc(-c2[c]scc2)s1. The van der Waals surface area contributed by atoms with E-state index in [1.807, 2.05) is 5.38 Å². The topological polar surface area (TPSA) is 29.1 Å². The van der Waals surface area contributed by atoms with Crippen LogP contribution in [0.25, 0.3) is 10.4 Å². The highest BCUT2D eigenvalue weighted by atomic mass is 32.1. The first-order valence-corrected chi connectivity index (χ1v) is 6.74. The number of thiophene rings is 2. The average Bonchev–Trinajstić information content (AvgIpc) is 2.85. The standard InChI is InChI=1S/C12H12NOS2/c1-9(14)13-6-4-11-2-3-12(16-11)10-5-7-15-8-10/h2-3,5,7H,4,6H2,1H3,(H,13,14). The normalized spacial score (nSPS) is 10.3. The van der Waals surface area contributed by atoms with Gasteiger partial charge in [0.25, 0.3) is 0 Å². The first-order valence-electron chi connectivity index (χ1n) is 5.04. The Bertz CT molecular complexity index is 459. The van der Waals surface area contributed by atoms with E-state index in [1.165, 1.54) is 15.3 Å². The zero-order chi connectivity index (χ0) is 11.4. The molecule has 0 saturated heterocycles. The molecule has 4 heteroatoms. The summed E-state index contributed by atoms with van der Waals surface area (Å²) in [4.78, 5) is 13.3. The zero-order valence-electron chi connectivity index (χ0n) is 8.95. The minimum atomic E-state index is 0.0305. The Balaban J connectivity index is 1.95. The fraction of sp³-hybridized carbons (Fsp3) is 0.250. The van der Waals surface area contributed by atoms with E-state index in [2.05, 4.69) is 28.9 Å². The molecule has 0 aliphatic rings. The van der Waals surface area contributed by atoms with Crippen molar-refractivity contribution in [3.05, 3.63) is 33.8 Å². The minimum Gasteiger partial charge on any atom is -0.356 e. The van der Waals surface area contributed by atoms with Crippen LogP contribution in [-0.4, -0.2) is 12.5 Å². The molecule has 83 valence electrons. The smallest absolute Gasteiger partial charge is 0.216 e. The van der Waals surface area contributed by atoms with Gasteiger partial charge in [0, 0.05) is 28.8 Å². The summed E-state index contributed by atoms with van der Waals surface area (Å²) in [6.07, 6.45) is 0.897. The molecule has 0 fully saturated rings. The molecule has 0 saturated carbocycles. The minimum absolute atomic E-state index is 0.0305. The fourth-order valence-corrected chi connectivity index (χ4v) is 3.01. The van der Waals surface area contributed by atoms with Crippen molar-refractivity contribution in [3.63, 3.8) is 0 Å². The second-order valence-corrected chi connectivity index (χ2v) is 5.32. The Kier molecular flexibility index (Phi) is 3.74. The lowest BCUT2D eigenvalue weighted by Crippen LogP contribution is -2.21. The molecule has 0 aliphatic carbocycles. The van der Waals surface area contributed by atoms with Crippen LogP contribution in [0.15, 0.2) is 23.6 Å². The third-order valence-corrected chi connectivity index (χ3v) is 3.93. The van der Waals surface area contributed by atoms with Gasteiger partial charge in [0.2, 0.25) is 5.91 Å². The Morgan fingerprint density at radius 1 is 1.44 bits per heavy atom. The molecular weight excluding hydrogens is 238 g/mol. The fourth-order valence-electron chi connectivity index (χ4n) is 1.38. The molecule has 1 radical (unpaired) electrons. The highest BCUT2D eigenvalue weighted by Gasteiger charge is 2.03. The lowest BCUT2D eigenvalue weighted by Gasteiger charge is -1.98. The summed E-state index contributed by atoms with van der Waals surface area (Å²) in [5.41, 5.74) is 1.17. The van der Waals surface area contributed by atoms with Crippen LogP contribution in [0.4, 0.5) is 0 Å². The predicted octanol–water partition coefficient (Wildman–Crippen LogP) is 2.96. The van der Waals surface area contributed by atoms with E-state index >= 15 is 0 Å². The van der Waals surface area contributed by atoms with E-state index < -0.39 is 0 Å². The number of hydrogen-bond donors (Lipinski definition) is 1. The van der Waals surface area contributed by atoms with E-state index in [4.69, 9.17) is 0 Å². The molecule has 0 aromatic carbocycles. The number of nitrogens with one attached hydrogen (secondary N) is 1. The number of carbonyl (C=O) groups excluding carboxylic acids is 1. The summed E-state index contributed by atoms with van der Waals surface area (Å²) in [5, 5.41) is 8.06. The van der Waals surface area contributed by atoms with Crippen LogP contribution in [0.1, 0.15) is 11.8 Å². The molecule has 0 spiro atoms. The zero-order valence-corrected chi connectivity index (χ0v) is 10.6. The molecule has 2 aromatic heterocycles. The molecule has 0 bridgehead atoms. The van der Waals surface area contributed by atoms with E-state index in [-0.39, 0.29) is 5.91 Å². The van der Waals surface area contributed by atoms with Gasteiger partial charge in [0.05, 0.1) is 5.38 Å². The van der Waals surface area contributed by atoms with Crippen molar-refractivity contribution in [3.8, 4) is 10.4 Å². The van der Waals surface area contributed by atoms with Crippen LogP contribution < -0.4 is 5.32 Å². The van der Waals surface area contributed by atoms with Crippen LogP contribution in [-0.2, 0) is 11.2 Å². The van der Waals surface area contributed by atoms with Crippen LogP contribution in [0, 0.1) is 5.38 Å². The van der Waals surface area contributed by atoms with Gasteiger partial charge in [-0.25, -0.2) is 0 Å². The van der Waals surface area contributed by atoms with Gasteiger partial charge in [-0.2, -0.15) is 0 Å². The maximum Gasteiger partial charge on any atom is 0.216 e. The van der Waals surface area contributed by atoms with Crippen molar-refractivity contribution in [2.45, 2.75) is 13.3 Å². The van der Waals surface area contributed by atoms with Crippen LogP contribution in [0.2, 0.25) is 0 Å². The number of amides is 1. The van der Waals surface area contributed by atoms with Gasteiger partial charge in [0.1, 0.15) is 0 Å². The van der Waals surface area contributed by atoms with E-state index in [9.17, 15) is 4.79 Å². The Hall–Kier alpha value is -1.13. The Morgan fingerprint density at radius 2 is 2.31 bits per heavy atom. The maximum atomic E-state index is 10.7. The van der Waals surface area contributed by atoms with Crippen LogP contribution in [0.5, 0.6) is 0 Å². The number of rotatable bonds is 4. The first-order chi connectivity index (χ1) is 7.75. The summed E-state index contributed by atoms with van der Waals surface area (Å²) in [6.45, 7) is 2.25. The van der Waals surface area contributed by atoms with Crippen molar-refractivity contribution in [2.75, 3.05) is 6.54 Å². The van der Waals surface area contributed by atoms with Gasteiger partial charge < -0.3 is 5.32 Å². The van der Waals surface area contributed by atoms with Crippen molar-refractivity contribution >= 4 is 28.6 Å². The third kappa shape index (κ3) is 2.93. The Morgan fingerprint density at radius 3 is 3.00 bits per heavy atom. The van der Waals surface area contributed by atoms with Crippen molar-refractivity contribution < 1.29 is 4.79 Å². The van der Waals surface area contributed by atoms with Crippen molar-refractivity contribution in [1.29, 1.82) is 0 Å². The average molecular weight is 250 g/mol.